The van der Waals surface area contributed by atoms with Crippen molar-refractivity contribution < 1.29 is 4.74 Å². The summed E-state index contributed by atoms with van der Waals surface area (Å²) >= 11 is 0. The summed E-state index contributed by atoms with van der Waals surface area (Å²) in [7, 11) is 1.78. The van der Waals surface area contributed by atoms with Crippen LogP contribution in [0.25, 0.3) is 0 Å². The minimum Gasteiger partial charge on any atom is -0.383 e. The highest BCUT2D eigenvalue weighted by Gasteiger charge is 2.34. The van der Waals surface area contributed by atoms with Gasteiger partial charge in [0.25, 0.3) is 0 Å². The van der Waals surface area contributed by atoms with Crippen molar-refractivity contribution in [2.24, 2.45) is 5.73 Å². The molecule has 0 fully saturated rings. The van der Waals surface area contributed by atoms with Crippen LogP contribution in [-0.2, 0) is 4.74 Å². The molecule has 0 aromatic heterocycles. The van der Waals surface area contributed by atoms with Gasteiger partial charge in [-0.05, 0) is 30.4 Å². The molecule has 0 saturated carbocycles. The largest absolute Gasteiger partial charge is 0.383 e. The second-order valence-corrected chi connectivity index (χ2v) is 5.69. The predicted molar refractivity (Wildman–Crippen MR) is 83.7 cm³/mol. The molecule has 20 heavy (non-hydrogen) atoms. The first kappa shape index (κ1) is 15.5. The van der Waals surface area contributed by atoms with Crippen molar-refractivity contribution in [3.63, 3.8) is 0 Å². The smallest absolute Gasteiger partial charge is 0.0590 e. The third-order valence-corrected chi connectivity index (χ3v) is 4.60. The molecule has 1 aromatic rings. The van der Waals surface area contributed by atoms with Gasteiger partial charge in [-0.1, -0.05) is 38.1 Å². The maximum absolute atomic E-state index is 6.33. The van der Waals surface area contributed by atoms with Crippen LogP contribution in [0, 0.1) is 0 Å². The highest BCUT2D eigenvalue weighted by atomic mass is 16.5. The fourth-order valence-electron chi connectivity index (χ4n) is 3.51. The van der Waals surface area contributed by atoms with E-state index in [0.29, 0.717) is 12.1 Å². The Morgan fingerprint density at radius 2 is 1.90 bits per heavy atom. The van der Waals surface area contributed by atoms with Crippen molar-refractivity contribution in [3.05, 3.63) is 35.4 Å². The van der Waals surface area contributed by atoms with Gasteiger partial charge in [0.1, 0.15) is 0 Å². The van der Waals surface area contributed by atoms with E-state index >= 15 is 0 Å². The van der Waals surface area contributed by atoms with Gasteiger partial charge in [-0.2, -0.15) is 0 Å². The van der Waals surface area contributed by atoms with Gasteiger partial charge in [0.05, 0.1) is 6.61 Å². The maximum Gasteiger partial charge on any atom is 0.0590 e. The van der Waals surface area contributed by atoms with E-state index in [1.54, 1.807) is 7.11 Å². The summed E-state index contributed by atoms with van der Waals surface area (Å²) < 4.78 is 5.31. The van der Waals surface area contributed by atoms with E-state index in [2.05, 4.69) is 43.0 Å². The van der Waals surface area contributed by atoms with Crippen LogP contribution in [0.15, 0.2) is 24.3 Å². The van der Waals surface area contributed by atoms with E-state index in [1.165, 1.54) is 24.0 Å². The molecule has 1 aliphatic carbocycles. The lowest BCUT2D eigenvalue weighted by Gasteiger charge is -2.36. The summed E-state index contributed by atoms with van der Waals surface area (Å²) in [5.74, 6) is 0. The Kier molecular flexibility index (Phi) is 5.58. The van der Waals surface area contributed by atoms with Crippen LogP contribution in [0.5, 0.6) is 0 Å². The average Bonchev–Trinajstić information content (AvgIpc) is 2.81. The van der Waals surface area contributed by atoms with Gasteiger partial charge in [-0.3, -0.25) is 4.90 Å². The van der Waals surface area contributed by atoms with E-state index in [4.69, 9.17) is 10.5 Å². The first-order valence-electron chi connectivity index (χ1n) is 7.81. The second kappa shape index (κ2) is 7.21. The molecule has 2 rings (SSSR count). The molecule has 3 heteroatoms. The fraction of sp³-hybridized carbons (Fsp3) is 0.647. The highest BCUT2D eigenvalue weighted by Crippen LogP contribution is 2.42. The van der Waals surface area contributed by atoms with Crippen molar-refractivity contribution in [2.75, 3.05) is 20.3 Å². The van der Waals surface area contributed by atoms with Crippen molar-refractivity contribution in [3.8, 4) is 0 Å². The number of nitrogens with zero attached hydrogens (tertiary/aromatic N) is 1. The molecule has 0 saturated heterocycles. The Balaban J connectivity index is 2.25. The molecular formula is C17H28N2O. The van der Waals surface area contributed by atoms with Crippen molar-refractivity contribution >= 4 is 0 Å². The summed E-state index contributed by atoms with van der Waals surface area (Å²) in [5, 5.41) is 0. The van der Waals surface area contributed by atoms with E-state index in [1.807, 2.05) is 0 Å². The lowest BCUT2D eigenvalue weighted by atomic mass is 10.0. The molecule has 0 amide bonds. The van der Waals surface area contributed by atoms with Gasteiger partial charge in [0.15, 0.2) is 0 Å². The van der Waals surface area contributed by atoms with E-state index < -0.39 is 0 Å². The maximum atomic E-state index is 6.33. The van der Waals surface area contributed by atoms with Gasteiger partial charge in [0, 0.05) is 31.8 Å². The van der Waals surface area contributed by atoms with Crippen LogP contribution in [-0.4, -0.2) is 31.2 Å². The fourth-order valence-corrected chi connectivity index (χ4v) is 3.51. The normalized spacial score (nSPS) is 21.7. The van der Waals surface area contributed by atoms with Crippen LogP contribution in [0.2, 0.25) is 0 Å². The molecule has 1 aromatic carbocycles. The number of ether oxygens (including phenoxy) is 1. The van der Waals surface area contributed by atoms with E-state index in [0.717, 1.165) is 19.6 Å². The molecule has 0 spiro atoms. The summed E-state index contributed by atoms with van der Waals surface area (Å²) in [6.07, 6.45) is 3.38. The predicted octanol–water partition coefficient (Wildman–Crippen LogP) is 3.27. The zero-order chi connectivity index (χ0) is 14.5. The highest BCUT2D eigenvalue weighted by molar-refractivity contribution is 5.37. The molecule has 0 aliphatic heterocycles. The Labute approximate surface area is 123 Å². The Morgan fingerprint density at radius 3 is 2.50 bits per heavy atom. The van der Waals surface area contributed by atoms with Gasteiger partial charge in [-0.25, -0.2) is 0 Å². The molecule has 3 nitrogen and oxygen atoms in total. The molecule has 112 valence electrons. The van der Waals surface area contributed by atoms with Gasteiger partial charge >= 0.3 is 0 Å². The summed E-state index contributed by atoms with van der Waals surface area (Å²) in [6.45, 7) is 6.31. The second-order valence-electron chi connectivity index (χ2n) is 5.69. The first-order valence-corrected chi connectivity index (χ1v) is 7.81. The number of fused-ring (bicyclic) bond motifs is 1. The van der Waals surface area contributed by atoms with E-state index in [-0.39, 0.29) is 6.04 Å². The number of hydrogen-bond donors (Lipinski definition) is 1. The lowest BCUT2D eigenvalue weighted by Crippen LogP contribution is -2.39. The quantitative estimate of drug-likeness (QED) is 0.830. The Morgan fingerprint density at radius 1 is 1.25 bits per heavy atom. The Bertz CT molecular complexity index is 417. The summed E-state index contributed by atoms with van der Waals surface area (Å²) in [4.78, 5) is 2.61. The number of methoxy groups -OCH3 is 1. The molecule has 0 heterocycles. The third-order valence-electron chi connectivity index (χ3n) is 4.60. The van der Waals surface area contributed by atoms with Gasteiger partial charge in [-0.15, -0.1) is 0 Å². The monoisotopic (exact) mass is 276 g/mol. The van der Waals surface area contributed by atoms with Crippen molar-refractivity contribution in [1.29, 1.82) is 0 Å². The summed E-state index contributed by atoms with van der Waals surface area (Å²) in [6, 6.07) is 9.88. The van der Waals surface area contributed by atoms with Crippen LogP contribution in [0.1, 0.15) is 56.3 Å². The zero-order valence-corrected chi connectivity index (χ0v) is 13.0. The molecule has 0 radical (unpaired) electrons. The number of hydrogen-bond acceptors (Lipinski definition) is 3. The minimum atomic E-state index is 0.176. The lowest BCUT2D eigenvalue weighted by molar-refractivity contribution is 0.0774. The molecule has 1 aliphatic rings. The molecule has 0 bridgehead atoms. The topological polar surface area (TPSA) is 38.5 Å². The van der Waals surface area contributed by atoms with Gasteiger partial charge in [0.2, 0.25) is 0 Å². The molecule has 2 unspecified atom stereocenters. The van der Waals surface area contributed by atoms with Crippen molar-refractivity contribution in [2.45, 2.75) is 51.2 Å². The summed E-state index contributed by atoms with van der Waals surface area (Å²) in [5.41, 5.74) is 9.07. The third kappa shape index (κ3) is 3.05. The zero-order valence-electron chi connectivity index (χ0n) is 13.0. The molecular weight excluding hydrogens is 248 g/mol. The first-order chi connectivity index (χ1) is 9.72. The number of rotatable bonds is 7. The number of nitrogens with two attached hydrogens (primary N) is 1. The minimum absolute atomic E-state index is 0.176. The van der Waals surface area contributed by atoms with Gasteiger partial charge < -0.3 is 10.5 Å². The van der Waals surface area contributed by atoms with Crippen LogP contribution in [0.4, 0.5) is 0 Å². The SMILES string of the molecule is CCC(CC)N(CCOC)C1CC(N)c2ccccc21. The standard InChI is InChI=1S/C17H28N2O/c1-4-13(5-2)19(10-11-20-3)17-12-16(18)14-8-6-7-9-15(14)17/h6-9,13,16-17H,4-5,10-12,18H2,1-3H3. The average molecular weight is 276 g/mol. The van der Waals surface area contributed by atoms with Crippen LogP contribution >= 0.6 is 0 Å². The molecule has 2 N–H and O–H groups in total. The Hall–Kier alpha value is -0.900. The van der Waals surface area contributed by atoms with Crippen molar-refractivity contribution in [1.82, 2.24) is 4.90 Å². The van der Waals surface area contributed by atoms with Crippen LogP contribution < -0.4 is 5.73 Å². The van der Waals surface area contributed by atoms with E-state index in [9.17, 15) is 0 Å². The van der Waals surface area contributed by atoms with Crippen LogP contribution in [0.3, 0.4) is 0 Å². The number of benzene rings is 1. The molecule has 2 atom stereocenters.